The van der Waals surface area contributed by atoms with E-state index in [0.29, 0.717) is 5.82 Å². The zero-order chi connectivity index (χ0) is 17.5. The zero-order valence-electron chi connectivity index (χ0n) is 14.6. The molecule has 0 aliphatic heterocycles. The molecule has 0 spiro atoms. The number of benzene rings is 2. The molecule has 4 rings (SSSR count). The third-order valence-electron chi connectivity index (χ3n) is 3.69. The van der Waals surface area contributed by atoms with Crippen molar-refractivity contribution in [1.82, 2.24) is 15.0 Å². The van der Waals surface area contributed by atoms with Crippen LogP contribution in [-0.4, -0.2) is 23.3 Å². The van der Waals surface area contributed by atoms with E-state index in [1.165, 1.54) is 10.6 Å². The minimum absolute atomic E-state index is 0. The van der Waals surface area contributed by atoms with E-state index in [1.54, 1.807) is 6.20 Å². The summed E-state index contributed by atoms with van der Waals surface area (Å²) in [5.74, 6) is 0.691. The first-order valence-electron chi connectivity index (χ1n) is 8.07. The van der Waals surface area contributed by atoms with E-state index in [9.17, 15) is 0 Å². The Morgan fingerprint density at radius 2 is 1.38 bits per heavy atom. The van der Waals surface area contributed by atoms with Crippen LogP contribution in [0.15, 0.2) is 72.9 Å². The second kappa shape index (κ2) is 10.7. The summed E-state index contributed by atoms with van der Waals surface area (Å²) in [6, 6.07) is 22.2. The molecule has 0 radical (unpaired) electrons. The van der Waals surface area contributed by atoms with E-state index in [1.807, 2.05) is 42.5 Å². The average molecular weight is 559 g/mol. The van der Waals surface area contributed by atoms with E-state index < -0.39 is 0 Å². The molecule has 0 saturated heterocycles. The van der Waals surface area contributed by atoms with E-state index in [0.717, 1.165) is 33.9 Å². The largest absolute Gasteiger partial charge is 0.434 e. The number of rotatable bonds is 3. The standard InChI is InChI=1S/C12H8N3.C8H12P2.Pt/c1-2-6-10-9(5-1)14-12(15-10)11-7-3-4-8-13-11;1-9-7-5-3-4-6-8(7)10-2;/h1-8H;3-6,9-10H,1-2H3;/q-1;;. The maximum absolute atomic E-state index is 4.41. The molecular weight excluding hydrogens is 539 g/mol. The quantitative estimate of drug-likeness (QED) is 0.359. The first-order valence-corrected chi connectivity index (χ1v) is 11.1. The molecule has 3 nitrogen and oxygen atoms in total. The van der Waals surface area contributed by atoms with Gasteiger partial charge in [-0.1, -0.05) is 71.8 Å². The van der Waals surface area contributed by atoms with Crippen LogP contribution >= 0.6 is 17.2 Å². The van der Waals surface area contributed by atoms with Gasteiger partial charge in [-0.2, -0.15) is 0 Å². The van der Waals surface area contributed by atoms with Gasteiger partial charge in [-0.25, -0.2) is 0 Å². The van der Waals surface area contributed by atoms with Gasteiger partial charge in [0.1, 0.15) is 0 Å². The summed E-state index contributed by atoms with van der Waals surface area (Å²) in [6.45, 7) is 4.47. The minimum Gasteiger partial charge on any atom is -0.434 e. The molecule has 0 fully saturated rings. The maximum atomic E-state index is 4.41. The van der Waals surface area contributed by atoms with Crippen LogP contribution in [0, 0.1) is 0 Å². The van der Waals surface area contributed by atoms with E-state index in [2.05, 4.69) is 52.5 Å². The summed E-state index contributed by atoms with van der Waals surface area (Å²) in [4.78, 5) is 13.0. The molecule has 2 atom stereocenters. The summed E-state index contributed by atoms with van der Waals surface area (Å²) in [6.07, 6.45) is 1.75. The number of fused-ring (bicyclic) bond motifs is 1. The predicted octanol–water partition coefficient (Wildman–Crippen LogP) is 3.81. The van der Waals surface area contributed by atoms with Gasteiger partial charge >= 0.3 is 0 Å². The monoisotopic (exact) mass is 559 g/mol. The number of imidazole rings is 1. The third-order valence-corrected chi connectivity index (χ3v) is 5.89. The van der Waals surface area contributed by atoms with Crippen molar-refractivity contribution in [3.05, 3.63) is 72.9 Å². The second-order valence-electron chi connectivity index (χ2n) is 5.30. The molecule has 0 aliphatic carbocycles. The van der Waals surface area contributed by atoms with Gasteiger partial charge in [-0.05, 0) is 52.9 Å². The van der Waals surface area contributed by atoms with Crippen molar-refractivity contribution in [1.29, 1.82) is 0 Å². The van der Waals surface area contributed by atoms with Gasteiger partial charge in [0.25, 0.3) is 0 Å². The number of hydrogen-bond donors (Lipinski definition) is 0. The van der Waals surface area contributed by atoms with Crippen LogP contribution in [0.5, 0.6) is 0 Å². The van der Waals surface area contributed by atoms with Crippen LogP contribution in [0.1, 0.15) is 0 Å². The van der Waals surface area contributed by atoms with Crippen molar-refractivity contribution in [3.8, 4) is 11.5 Å². The predicted molar refractivity (Wildman–Crippen MR) is 112 cm³/mol. The Morgan fingerprint density at radius 1 is 0.769 bits per heavy atom. The molecule has 0 amide bonds. The Morgan fingerprint density at radius 3 is 1.96 bits per heavy atom. The molecule has 2 unspecified atom stereocenters. The van der Waals surface area contributed by atoms with Gasteiger partial charge in [0.2, 0.25) is 0 Å². The van der Waals surface area contributed by atoms with Crippen LogP contribution in [0.2, 0.25) is 0 Å². The number of aromatic nitrogens is 3. The van der Waals surface area contributed by atoms with Crippen LogP contribution in [0.25, 0.3) is 22.6 Å². The molecule has 0 saturated carbocycles. The Kier molecular flexibility index (Phi) is 8.59. The molecular formula is C20H20N3P2Pt-. The number of pyridine rings is 1. The molecule has 136 valence electrons. The Labute approximate surface area is 172 Å². The third kappa shape index (κ3) is 5.30. The summed E-state index contributed by atoms with van der Waals surface area (Å²) in [7, 11) is 1.89. The molecule has 2 heterocycles. The molecule has 26 heavy (non-hydrogen) atoms. The SMILES string of the molecule is CPc1ccccc1PC.[Pt].c1ccc(-c2nc3ccccc3[n-]2)nc1. The van der Waals surface area contributed by atoms with E-state index >= 15 is 0 Å². The van der Waals surface area contributed by atoms with Gasteiger partial charge in [0.15, 0.2) is 0 Å². The number of hydrogen-bond acceptors (Lipinski definition) is 2. The van der Waals surface area contributed by atoms with E-state index in [4.69, 9.17) is 0 Å². The zero-order valence-corrected chi connectivity index (χ0v) is 18.9. The smallest absolute Gasteiger partial charge is 0.0620 e. The molecule has 0 N–H and O–H groups in total. The van der Waals surface area contributed by atoms with Crippen LogP contribution in [0.4, 0.5) is 0 Å². The van der Waals surface area contributed by atoms with Crippen molar-refractivity contribution in [2.24, 2.45) is 0 Å². The summed E-state index contributed by atoms with van der Waals surface area (Å²) >= 11 is 0. The topological polar surface area (TPSA) is 39.9 Å². The maximum Gasteiger partial charge on any atom is 0.0620 e. The van der Waals surface area contributed by atoms with Crippen molar-refractivity contribution in [2.45, 2.75) is 0 Å². The molecule has 2 aromatic heterocycles. The summed E-state index contributed by atoms with van der Waals surface area (Å²) < 4.78 is 0. The van der Waals surface area contributed by atoms with Gasteiger partial charge in [0, 0.05) is 27.3 Å². The molecule has 0 bridgehead atoms. The van der Waals surface area contributed by atoms with Crippen LogP contribution < -0.4 is 15.6 Å². The fraction of sp³-hybridized carbons (Fsp3) is 0.100. The summed E-state index contributed by atoms with van der Waals surface area (Å²) in [5.41, 5.74) is 2.64. The molecule has 4 aromatic rings. The second-order valence-corrected chi connectivity index (χ2v) is 7.37. The van der Waals surface area contributed by atoms with Crippen molar-refractivity contribution < 1.29 is 21.1 Å². The Bertz CT molecular complexity index is 886. The fourth-order valence-electron chi connectivity index (χ4n) is 2.44. The van der Waals surface area contributed by atoms with Crippen molar-refractivity contribution in [2.75, 3.05) is 13.3 Å². The van der Waals surface area contributed by atoms with Crippen molar-refractivity contribution in [3.63, 3.8) is 0 Å². The van der Waals surface area contributed by atoms with Crippen molar-refractivity contribution >= 4 is 38.8 Å². The first kappa shape index (κ1) is 20.9. The van der Waals surface area contributed by atoms with Gasteiger partial charge in [0.05, 0.1) is 5.69 Å². The average Bonchev–Trinajstić information content (AvgIpc) is 3.13. The van der Waals surface area contributed by atoms with Gasteiger partial charge < -0.3 is 9.97 Å². The molecule has 2 aromatic carbocycles. The van der Waals surface area contributed by atoms with Gasteiger partial charge in [-0.3, -0.25) is 4.98 Å². The van der Waals surface area contributed by atoms with Crippen LogP contribution in [0.3, 0.4) is 0 Å². The number of para-hydroxylation sites is 2. The Balaban J connectivity index is 0.000000195. The molecule has 0 aliphatic rings. The first-order chi connectivity index (χ1) is 12.3. The Hall–Kier alpha value is -1.39. The number of nitrogens with zero attached hydrogens (tertiary/aromatic N) is 3. The van der Waals surface area contributed by atoms with Gasteiger partial charge in [-0.15, -0.1) is 0 Å². The molecule has 6 heteroatoms. The fourth-order valence-corrected chi connectivity index (χ4v) is 4.42. The van der Waals surface area contributed by atoms with E-state index in [-0.39, 0.29) is 21.1 Å². The minimum atomic E-state index is 0. The summed E-state index contributed by atoms with van der Waals surface area (Å²) in [5, 5.41) is 3.06. The van der Waals surface area contributed by atoms with Crippen LogP contribution in [-0.2, 0) is 21.1 Å². The normalized spacial score (nSPS) is 10.8.